The van der Waals surface area contributed by atoms with Gasteiger partial charge in [0.2, 0.25) is 9.84 Å². The predicted octanol–water partition coefficient (Wildman–Crippen LogP) is 2.87. The van der Waals surface area contributed by atoms with Gasteiger partial charge >= 0.3 is 0 Å². The number of hydrogen-bond donors (Lipinski definition) is 2. The third kappa shape index (κ3) is 4.10. The van der Waals surface area contributed by atoms with Gasteiger partial charge in [0.25, 0.3) is 5.91 Å². The maximum Gasteiger partial charge on any atom is 0.253 e. The molecule has 0 fully saturated rings. The molecule has 0 aliphatic rings. The van der Waals surface area contributed by atoms with Crippen molar-refractivity contribution in [3.05, 3.63) is 77.9 Å². The molecule has 0 bridgehead atoms. The van der Waals surface area contributed by atoms with Gasteiger partial charge in [-0.15, -0.1) is 0 Å². The molecular weight excluding hydrogens is 423 g/mol. The van der Waals surface area contributed by atoms with Gasteiger partial charge in [0.1, 0.15) is 16.5 Å². The van der Waals surface area contributed by atoms with Crippen molar-refractivity contribution in [3.63, 3.8) is 0 Å². The zero-order chi connectivity index (χ0) is 22.0. The maximum atomic E-state index is 14.1. The quantitative estimate of drug-likeness (QED) is 0.477. The summed E-state index contributed by atoms with van der Waals surface area (Å²) in [6, 6.07) is 11.1. The lowest BCUT2D eigenvalue weighted by Crippen LogP contribution is -2.22. The van der Waals surface area contributed by atoms with Crippen LogP contribution in [0.3, 0.4) is 0 Å². The third-order valence-corrected chi connectivity index (χ3v) is 6.45. The van der Waals surface area contributed by atoms with Gasteiger partial charge in [-0.25, -0.2) is 17.8 Å². The second kappa shape index (κ2) is 8.15. The Kier molecular flexibility index (Phi) is 5.38. The molecule has 8 nitrogen and oxygen atoms in total. The second-order valence-electron chi connectivity index (χ2n) is 6.66. The van der Waals surface area contributed by atoms with Crippen LogP contribution in [0.5, 0.6) is 5.75 Å². The number of aromatic amines is 1. The van der Waals surface area contributed by atoms with Gasteiger partial charge in [-0.05, 0) is 35.9 Å². The SMILES string of the molecule is COc1ccc(F)c(S(=O)(=O)c2ccc(CNC(=O)c3cnc4[nH]ncc4c3)cc2)c1. The number of hydrogen-bond acceptors (Lipinski definition) is 6. The number of pyridine rings is 1. The van der Waals surface area contributed by atoms with Crippen LogP contribution in [-0.2, 0) is 16.4 Å². The molecule has 158 valence electrons. The van der Waals surface area contributed by atoms with Crippen LogP contribution in [0.15, 0.2) is 70.7 Å². The number of nitrogens with one attached hydrogen (secondary N) is 2. The van der Waals surface area contributed by atoms with Crippen LogP contribution < -0.4 is 10.1 Å². The van der Waals surface area contributed by atoms with Crippen LogP contribution in [0.2, 0.25) is 0 Å². The van der Waals surface area contributed by atoms with Crippen LogP contribution in [0.1, 0.15) is 15.9 Å². The minimum Gasteiger partial charge on any atom is -0.497 e. The van der Waals surface area contributed by atoms with Crippen molar-refractivity contribution in [1.29, 1.82) is 0 Å². The van der Waals surface area contributed by atoms with E-state index in [1.807, 2.05) is 0 Å². The number of methoxy groups -OCH3 is 1. The zero-order valence-corrected chi connectivity index (χ0v) is 17.1. The van der Waals surface area contributed by atoms with Gasteiger partial charge in [-0.3, -0.25) is 9.89 Å². The normalized spacial score (nSPS) is 11.4. The molecule has 0 spiro atoms. The summed E-state index contributed by atoms with van der Waals surface area (Å²) in [5.41, 5.74) is 1.64. The number of aromatic nitrogens is 3. The van der Waals surface area contributed by atoms with E-state index in [0.717, 1.165) is 12.1 Å². The first-order valence-electron chi connectivity index (χ1n) is 9.13. The predicted molar refractivity (Wildman–Crippen MR) is 110 cm³/mol. The van der Waals surface area contributed by atoms with Crippen molar-refractivity contribution in [2.75, 3.05) is 7.11 Å². The molecular formula is C21H17FN4O4S. The van der Waals surface area contributed by atoms with E-state index in [4.69, 9.17) is 4.74 Å². The number of ether oxygens (including phenoxy) is 1. The smallest absolute Gasteiger partial charge is 0.253 e. The number of H-pyrrole nitrogens is 1. The van der Waals surface area contributed by atoms with Gasteiger partial charge in [0, 0.05) is 24.2 Å². The molecule has 0 unspecified atom stereocenters. The number of carbonyl (C=O) groups is 1. The summed E-state index contributed by atoms with van der Waals surface area (Å²) in [5.74, 6) is -0.950. The Labute approximate surface area is 177 Å². The van der Waals surface area contributed by atoms with Crippen molar-refractivity contribution < 1.29 is 22.3 Å². The fourth-order valence-corrected chi connectivity index (χ4v) is 4.32. The molecule has 10 heteroatoms. The average Bonchev–Trinajstić information content (AvgIpc) is 3.26. The summed E-state index contributed by atoms with van der Waals surface area (Å²) < 4.78 is 44.7. The highest BCUT2D eigenvalue weighted by Crippen LogP contribution is 2.27. The molecule has 0 radical (unpaired) electrons. The number of halogens is 1. The van der Waals surface area contributed by atoms with Crippen LogP contribution >= 0.6 is 0 Å². The number of sulfone groups is 1. The fraction of sp³-hybridized carbons (Fsp3) is 0.0952. The fourth-order valence-electron chi connectivity index (χ4n) is 2.98. The van der Waals surface area contributed by atoms with Gasteiger partial charge < -0.3 is 10.1 Å². The molecule has 0 saturated heterocycles. The van der Waals surface area contributed by atoms with Crippen LogP contribution in [0.4, 0.5) is 4.39 Å². The Hall–Kier alpha value is -3.79. The lowest BCUT2D eigenvalue weighted by atomic mass is 10.2. The summed E-state index contributed by atoms with van der Waals surface area (Å²) in [7, 11) is -2.70. The third-order valence-electron chi connectivity index (χ3n) is 4.67. The largest absolute Gasteiger partial charge is 0.497 e. The van der Waals surface area contributed by atoms with Gasteiger partial charge in [0.05, 0.1) is 23.8 Å². The minimum absolute atomic E-state index is 0.0654. The maximum absolute atomic E-state index is 14.1. The molecule has 2 aromatic heterocycles. The van der Waals surface area contributed by atoms with E-state index in [0.29, 0.717) is 22.2 Å². The number of amides is 1. The van der Waals surface area contributed by atoms with Crippen LogP contribution in [0, 0.1) is 5.82 Å². The first-order valence-corrected chi connectivity index (χ1v) is 10.6. The van der Waals surface area contributed by atoms with Crippen molar-refractivity contribution in [1.82, 2.24) is 20.5 Å². The Bertz CT molecular complexity index is 1370. The number of benzene rings is 2. The number of rotatable bonds is 6. The van der Waals surface area contributed by atoms with Crippen LogP contribution in [0.25, 0.3) is 11.0 Å². The molecule has 4 aromatic rings. The van der Waals surface area contributed by atoms with Crippen molar-refractivity contribution in [3.8, 4) is 5.75 Å². The highest BCUT2D eigenvalue weighted by Gasteiger charge is 2.22. The van der Waals surface area contributed by atoms with E-state index >= 15 is 0 Å². The van der Waals surface area contributed by atoms with E-state index in [9.17, 15) is 17.6 Å². The Balaban J connectivity index is 1.48. The molecule has 2 aromatic carbocycles. The summed E-state index contributed by atoms with van der Waals surface area (Å²) in [6.07, 6.45) is 3.01. The first kappa shape index (κ1) is 20.5. The van der Waals surface area contributed by atoms with Crippen LogP contribution in [-0.4, -0.2) is 36.6 Å². The minimum atomic E-state index is -4.07. The highest BCUT2D eigenvalue weighted by atomic mass is 32.2. The van der Waals surface area contributed by atoms with E-state index in [-0.39, 0.29) is 23.1 Å². The zero-order valence-electron chi connectivity index (χ0n) is 16.3. The molecule has 31 heavy (non-hydrogen) atoms. The average molecular weight is 440 g/mol. The summed E-state index contributed by atoms with van der Waals surface area (Å²) in [6.45, 7) is 0.177. The molecule has 2 heterocycles. The van der Waals surface area contributed by atoms with Crippen molar-refractivity contribution in [2.24, 2.45) is 0 Å². The van der Waals surface area contributed by atoms with Crippen molar-refractivity contribution in [2.45, 2.75) is 16.3 Å². The molecule has 4 rings (SSSR count). The van der Waals surface area contributed by atoms with Crippen molar-refractivity contribution >= 4 is 26.8 Å². The van der Waals surface area contributed by atoms with Gasteiger partial charge in [-0.2, -0.15) is 5.10 Å². The molecule has 0 aliphatic carbocycles. The number of fused-ring (bicyclic) bond motifs is 1. The molecule has 2 N–H and O–H groups in total. The summed E-state index contributed by atoms with van der Waals surface area (Å²) in [4.78, 5) is 16.0. The lowest BCUT2D eigenvalue weighted by molar-refractivity contribution is 0.0950. The summed E-state index contributed by atoms with van der Waals surface area (Å²) in [5, 5.41) is 10.0. The Morgan fingerprint density at radius 1 is 1.13 bits per heavy atom. The number of carbonyl (C=O) groups excluding carboxylic acids is 1. The Morgan fingerprint density at radius 2 is 1.90 bits per heavy atom. The molecule has 0 saturated carbocycles. The van der Waals surface area contributed by atoms with E-state index in [1.165, 1.54) is 31.5 Å². The topological polar surface area (TPSA) is 114 Å². The highest BCUT2D eigenvalue weighted by molar-refractivity contribution is 7.91. The van der Waals surface area contributed by atoms with Gasteiger partial charge in [-0.1, -0.05) is 12.1 Å². The number of nitrogens with zero attached hydrogens (tertiary/aromatic N) is 2. The first-order chi connectivity index (χ1) is 14.9. The van der Waals surface area contributed by atoms with E-state index < -0.39 is 20.5 Å². The standard InChI is InChI=1S/C21H17FN4O4S/c1-30-16-4-7-18(22)19(9-16)31(28,29)17-5-2-13(3-6-17)10-24-21(27)15-8-14-12-25-26-20(14)23-11-15/h2-9,11-12H,10H2,1H3,(H,24,27)(H,23,25,26). The Morgan fingerprint density at radius 3 is 2.65 bits per heavy atom. The monoisotopic (exact) mass is 440 g/mol. The molecule has 0 atom stereocenters. The molecule has 0 aliphatic heterocycles. The lowest BCUT2D eigenvalue weighted by Gasteiger charge is -2.09. The van der Waals surface area contributed by atoms with E-state index in [1.54, 1.807) is 24.4 Å². The molecule has 1 amide bonds. The summed E-state index contributed by atoms with van der Waals surface area (Å²) >= 11 is 0. The van der Waals surface area contributed by atoms with Gasteiger partial charge in [0.15, 0.2) is 5.65 Å². The van der Waals surface area contributed by atoms with E-state index in [2.05, 4.69) is 20.5 Å². The second-order valence-corrected chi connectivity index (χ2v) is 8.58.